The SMILES string of the molecule is O=c1cc(Cc2cccc(C(F)(F)F)c2)nc(CC=S)[nH]1. The van der Waals surface area contributed by atoms with Gasteiger partial charge in [-0.25, -0.2) is 4.98 Å². The molecule has 3 nitrogen and oxygen atoms in total. The topological polar surface area (TPSA) is 45.8 Å². The Balaban J connectivity index is 2.30. The molecule has 7 heteroatoms. The van der Waals surface area contributed by atoms with Crippen LogP contribution >= 0.6 is 12.2 Å². The number of benzene rings is 1. The molecule has 21 heavy (non-hydrogen) atoms. The number of hydrogen-bond acceptors (Lipinski definition) is 3. The number of rotatable bonds is 4. The lowest BCUT2D eigenvalue weighted by molar-refractivity contribution is -0.137. The predicted molar refractivity (Wildman–Crippen MR) is 76.5 cm³/mol. The summed E-state index contributed by atoms with van der Waals surface area (Å²) in [5.74, 6) is 0.402. The Morgan fingerprint density at radius 2 is 2.05 bits per heavy atom. The van der Waals surface area contributed by atoms with Gasteiger partial charge in [-0.2, -0.15) is 13.2 Å². The summed E-state index contributed by atoms with van der Waals surface area (Å²) in [6.45, 7) is 0. The first-order chi connectivity index (χ1) is 9.88. The van der Waals surface area contributed by atoms with Gasteiger partial charge in [0.15, 0.2) is 0 Å². The highest BCUT2D eigenvalue weighted by Crippen LogP contribution is 2.29. The first-order valence-electron chi connectivity index (χ1n) is 6.07. The molecule has 2 rings (SSSR count). The van der Waals surface area contributed by atoms with Gasteiger partial charge >= 0.3 is 6.18 Å². The van der Waals surface area contributed by atoms with Crippen LogP contribution in [0.15, 0.2) is 35.1 Å². The first-order valence-corrected chi connectivity index (χ1v) is 6.54. The van der Waals surface area contributed by atoms with Gasteiger partial charge in [0, 0.05) is 18.9 Å². The minimum atomic E-state index is -4.39. The molecule has 0 atom stereocenters. The van der Waals surface area contributed by atoms with Gasteiger partial charge in [-0.3, -0.25) is 4.79 Å². The van der Waals surface area contributed by atoms with Gasteiger partial charge in [0.2, 0.25) is 0 Å². The fourth-order valence-electron chi connectivity index (χ4n) is 1.90. The van der Waals surface area contributed by atoms with Crippen molar-refractivity contribution in [1.29, 1.82) is 0 Å². The minimum Gasteiger partial charge on any atom is -0.310 e. The zero-order chi connectivity index (χ0) is 15.5. The Morgan fingerprint density at radius 1 is 1.29 bits per heavy atom. The Kier molecular flexibility index (Phi) is 4.52. The second kappa shape index (κ2) is 6.17. The van der Waals surface area contributed by atoms with E-state index < -0.39 is 11.7 Å². The monoisotopic (exact) mass is 312 g/mol. The second-order valence-corrected chi connectivity index (χ2v) is 4.76. The zero-order valence-electron chi connectivity index (χ0n) is 10.8. The Morgan fingerprint density at radius 3 is 2.71 bits per heavy atom. The predicted octanol–water partition coefficient (Wildman–Crippen LogP) is 2.92. The summed E-state index contributed by atoms with van der Waals surface area (Å²) < 4.78 is 37.9. The van der Waals surface area contributed by atoms with Crippen LogP contribution in [0.25, 0.3) is 0 Å². The molecule has 0 saturated heterocycles. The van der Waals surface area contributed by atoms with E-state index in [1.54, 1.807) is 6.07 Å². The molecule has 0 saturated carbocycles. The van der Waals surface area contributed by atoms with Crippen molar-refractivity contribution < 1.29 is 13.2 Å². The highest BCUT2D eigenvalue weighted by atomic mass is 32.1. The number of alkyl halides is 3. The van der Waals surface area contributed by atoms with E-state index in [0.717, 1.165) is 12.1 Å². The number of H-pyrrole nitrogens is 1. The summed E-state index contributed by atoms with van der Waals surface area (Å²) in [6, 6.07) is 6.24. The van der Waals surface area contributed by atoms with Crippen molar-refractivity contribution in [2.45, 2.75) is 19.0 Å². The number of hydrogen-bond donors (Lipinski definition) is 1. The number of thiocarbonyl (C=S) groups is 1. The van der Waals surface area contributed by atoms with Crippen molar-refractivity contribution in [3.05, 3.63) is 63.3 Å². The number of aromatic nitrogens is 2. The summed E-state index contributed by atoms with van der Waals surface area (Å²) in [7, 11) is 0. The van der Waals surface area contributed by atoms with E-state index in [9.17, 15) is 18.0 Å². The average Bonchev–Trinajstić information content (AvgIpc) is 2.37. The standard InChI is InChI=1S/C14H11F3N2OS/c15-14(16,17)10-3-1-2-9(6-10)7-11-8-13(20)19-12(18-11)4-5-21/h1-3,5-6,8H,4,7H2,(H,18,19,20). The average molecular weight is 312 g/mol. The van der Waals surface area contributed by atoms with E-state index in [4.69, 9.17) is 12.2 Å². The molecule has 0 aliphatic heterocycles. The van der Waals surface area contributed by atoms with E-state index >= 15 is 0 Å². The molecule has 0 bridgehead atoms. The van der Waals surface area contributed by atoms with Gasteiger partial charge in [-0.15, -0.1) is 0 Å². The lowest BCUT2D eigenvalue weighted by atomic mass is 10.1. The van der Waals surface area contributed by atoms with Crippen LogP contribution in [-0.4, -0.2) is 15.3 Å². The third kappa shape index (κ3) is 4.22. The van der Waals surface area contributed by atoms with E-state index in [1.165, 1.54) is 17.5 Å². The normalized spacial score (nSPS) is 11.4. The molecule has 1 aromatic heterocycles. The molecule has 0 radical (unpaired) electrons. The maximum absolute atomic E-state index is 12.6. The van der Waals surface area contributed by atoms with Crippen LogP contribution in [0.2, 0.25) is 0 Å². The van der Waals surface area contributed by atoms with Crippen LogP contribution in [0.3, 0.4) is 0 Å². The molecule has 2 aromatic rings. The van der Waals surface area contributed by atoms with Crippen LogP contribution in [-0.2, 0) is 19.0 Å². The van der Waals surface area contributed by atoms with Gasteiger partial charge in [0.05, 0.1) is 11.3 Å². The molecule has 0 amide bonds. The highest BCUT2D eigenvalue weighted by Gasteiger charge is 2.30. The Labute approximate surface area is 123 Å². The Bertz CT molecular complexity index is 710. The lowest BCUT2D eigenvalue weighted by Gasteiger charge is -2.08. The number of halogens is 3. The van der Waals surface area contributed by atoms with Crippen molar-refractivity contribution in [3.63, 3.8) is 0 Å². The smallest absolute Gasteiger partial charge is 0.310 e. The zero-order valence-corrected chi connectivity index (χ0v) is 11.6. The molecule has 0 spiro atoms. The van der Waals surface area contributed by atoms with Crippen LogP contribution in [0.1, 0.15) is 22.6 Å². The van der Waals surface area contributed by atoms with E-state index in [1.807, 2.05) is 0 Å². The van der Waals surface area contributed by atoms with E-state index in [-0.39, 0.29) is 12.0 Å². The molecule has 0 unspecified atom stereocenters. The van der Waals surface area contributed by atoms with Crippen LogP contribution in [0.4, 0.5) is 13.2 Å². The molecule has 110 valence electrons. The second-order valence-electron chi connectivity index (χ2n) is 4.43. The molecule has 0 aliphatic rings. The summed E-state index contributed by atoms with van der Waals surface area (Å²) >= 11 is 4.70. The van der Waals surface area contributed by atoms with E-state index in [2.05, 4.69) is 9.97 Å². The fourth-order valence-corrected chi connectivity index (χ4v) is 2.05. The molecule has 0 fully saturated rings. The van der Waals surface area contributed by atoms with Crippen LogP contribution < -0.4 is 5.56 Å². The molecule has 0 aliphatic carbocycles. The van der Waals surface area contributed by atoms with Gasteiger partial charge < -0.3 is 4.98 Å². The Hall–Kier alpha value is -2.02. The van der Waals surface area contributed by atoms with Gasteiger partial charge in [0.1, 0.15) is 5.82 Å². The van der Waals surface area contributed by atoms with Gasteiger partial charge in [-0.1, -0.05) is 30.4 Å². The number of nitrogens with zero attached hydrogens (tertiary/aromatic N) is 1. The fraction of sp³-hybridized carbons (Fsp3) is 0.214. The van der Waals surface area contributed by atoms with Crippen molar-refractivity contribution in [3.8, 4) is 0 Å². The maximum atomic E-state index is 12.6. The van der Waals surface area contributed by atoms with Gasteiger partial charge in [-0.05, 0) is 17.0 Å². The van der Waals surface area contributed by atoms with Crippen molar-refractivity contribution in [2.75, 3.05) is 0 Å². The van der Waals surface area contributed by atoms with Crippen LogP contribution in [0.5, 0.6) is 0 Å². The van der Waals surface area contributed by atoms with Crippen LogP contribution in [0, 0.1) is 0 Å². The summed E-state index contributed by atoms with van der Waals surface area (Å²) in [5, 5.41) is 1.42. The number of nitrogens with one attached hydrogen (secondary N) is 1. The van der Waals surface area contributed by atoms with Crippen molar-refractivity contribution in [1.82, 2.24) is 9.97 Å². The molecular formula is C14H11F3N2OS. The third-order valence-electron chi connectivity index (χ3n) is 2.76. The molecule has 1 N–H and O–H groups in total. The van der Waals surface area contributed by atoms with Crippen molar-refractivity contribution >= 4 is 17.6 Å². The largest absolute Gasteiger partial charge is 0.416 e. The lowest BCUT2D eigenvalue weighted by Crippen LogP contribution is -2.13. The minimum absolute atomic E-state index is 0.151. The maximum Gasteiger partial charge on any atom is 0.416 e. The highest BCUT2D eigenvalue weighted by molar-refractivity contribution is 7.78. The molecule has 1 aromatic carbocycles. The third-order valence-corrected chi connectivity index (χ3v) is 2.93. The van der Waals surface area contributed by atoms with Crippen molar-refractivity contribution in [2.24, 2.45) is 0 Å². The number of aromatic amines is 1. The summed E-state index contributed by atoms with van der Waals surface area (Å²) in [6.07, 6.45) is -3.92. The summed E-state index contributed by atoms with van der Waals surface area (Å²) in [4.78, 5) is 18.2. The molecular weight excluding hydrogens is 301 g/mol. The quantitative estimate of drug-likeness (QED) is 0.883. The first kappa shape index (κ1) is 15.4. The summed E-state index contributed by atoms with van der Waals surface area (Å²) in [5.41, 5.74) is -0.219. The van der Waals surface area contributed by atoms with E-state index in [0.29, 0.717) is 23.5 Å². The van der Waals surface area contributed by atoms with Gasteiger partial charge in [0.25, 0.3) is 5.56 Å². The molecule has 1 heterocycles.